The molecule has 3 aromatic heterocycles. The van der Waals surface area contributed by atoms with E-state index in [4.69, 9.17) is 4.74 Å². The largest absolute Gasteiger partial charge is 0.495 e. The Kier molecular flexibility index (Phi) is 4.90. The molecule has 0 aliphatic heterocycles. The van der Waals surface area contributed by atoms with Crippen LogP contribution in [0.25, 0.3) is 33.9 Å². The molecule has 0 bridgehead atoms. The Morgan fingerprint density at radius 1 is 1.09 bits per heavy atom. The highest BCUT2D eigenvalue weighted by molar-refractivity contribution is 7.89. The highest BCUT2D eigenvalue weighted by Crippen LogP contribution is 2.33. The lowest BCUT2D eigenvalue weighted by Gasteiger charge is -2.13. The van der Waals surface area contributed by atoms with Gasteiger partial charge in [-0.3, -0.25) is 23.3 Å². The van der Waals surface area contributed by atoms with Crippen LogP contribution in [-0.4, -0.2) is 45.3 Å². The molecule has 0 atom stereocenters. The van der Waals surface area contributed by atoms with Crippen molar-refractivity contribution in [1.29, 1.82) is 0 Å². The summed E-state index contributed by atoms with van der Waals surface area (Å²) in [5.41, 5.74) is 0.0779. The number of H-pyrrole nitrogens is 1. The van der Waals surface area contributed by atoms with Crippen molar-refractivity contribution < 1.29 is 17.5 Å². The summed E-state index contributed by atoms with van der Waals surface area (Å²) in [7, 11) is -2.12. The van der Waals surface area contributed by atoms with Gasteiger partial charge in [0.25, 0.3) is 5.56 Å². The number of aromatic amines is 1. The van der Waals surface area contributed by atoms with Crippen LogP contribution in [0.2, 0.25) is 0 Å². The number of methoxy groups -OCH3 is 1. The zero-order valence-electron chi connectivity index (χ0n) is 18.0. The molecule has 2 aromatic carbocycles. The van der Waals surface area contributed by atoms with Crippen molar-refractivity contribution in [3.63, 3.8) is 0 Å². The molecule has 0 unspecified atom stereocenters. The van der Waals surface area contributed by atoms with Gasteiger partial charge in [-0.25, -0.2) is 17.6 Å². The number of sulfone groups is 1. The lowest BCUT2D eigenvalue weighted by molar-refractivity contribution is 0.413. The molecule has 3 heterocycles. The number of rotatable bonds is 5. The van der Waals surface area contributed by atoms with E-state index in [0.717, 1.165) is 10.8 Å². The summed E-state index contributed by atoms with van der Waals surface area (Å²) in [4.78, 5) is 31.9. The molecule has 1 N–H and O–H groups in total. The first-order valence-electron chi connectivity index (χ1n) is 10.0. The van der Waals surface area contributed by atoms with E-state index in [2.05, 4.69) is 9.97 Å². The second-order valence-electron chi connectivity index (χ2n) is 7.72. The van der Waals surface area contributed by atoms with Crippen LogP contribution in [0.4, 0.5) is 4.39 Å². The monoisotopic (exact) mass is 483 g/mol. The minimum absolute atomic E-state index is 0.00439. The Balaban J connectivity index is 1.94. The maximum atomic E-state index is 13.6. The minimum Gasteiger partial charge on any atom is -0.495 e. The van der Waals surface area contributed by atoms with Gasteiger partial charge in [0, 0.05) is 18.0 Å². The number of aromatic nitrogens is 5. The first-order valence-corrected chi connectivity index (χ1v) is 12.1. The summed E-state index contributed by atoms with van der Waals surface area (Å²) >= 11 is 0. The van der Waals surface area contributed by atoms with E-state index < -0.39 is 32.8 Å². The number of ether oxygens (including phenoxy) is 1. The van der Waals surface area contributed by atoms with Gasteiger partial charge in [-0.2, -0.15) is 4.98 Å². The third kappa shape index (κ3) is 3.48. The molecule has 0 saturated carbocycles. The van der Waals surface area contributed by atoms with Crippen molar-refractivity contribution in [3.8, 4) is 22.7 Å². The molecule has 0 amide bonds. The summed E-state index contributed by atoms with van der Waals surface area (Å²) < 4.78 is 47.1. The predicted octanol–water partition coefficient (Wildman–Crippen LogP) is 1.94. The Morgan fingerprint density at radius 2 is 1.79 bits per heavy atom. The van der Waals surface area contributed by atoms with Crippen molar-refractivity contribution in [2.45, 2.75) is 5.88 Å². The second-order valence-corrected chi connectivity index (χ2v) is 9.83. The van der Waals surface area contributed by atoms with Crippen molar-refractivity contribution in [3.05, 3.63) is 81.4 Å². The molecule has 0 aliphatic rings. The summed E-state index contributed by atoms with van der Waals surface area (Å²) in [5.74, 6) is -0.329. The van der Waals surface area contributed by atoms with Crippen molar-refractivity contribution in [2.24, 2.45) is 0 Å². The highest BCUT2D eigenvalue weighted by Gasteiger charge is 2.23. The Morgan fingerprint density at radius 3 is 2.47 bits per heavy atom. The summed E-state index contributed by atoms with van der Waals surface area (Å²) in [5, 5.41) is 0. The third-order valence-electron chi connectivity index (χ3n) is 5.33. The number of benzene rings is 2. The average molecular weight is 483 g/mol. The fourth-order valence-electron chi connectivity index (χ4n) is 3.93. The van der Waals surface area contributed by atoms with Crippen LogP contribution < -0.4 is 16.0 Å². The van der Waals surface area contributed by atoms with E-state index in [1.54, 1.807) is 47.2 Å². The SMILES string of the molecule is COc1ccccc1-n1c(-c2ccc(F)cc2)cn2c3c(=O)[nH]c(=O)n(CS(C)(=O)=O)c3nc12. The van der Waals surface area contributed by atoms with Gasteiger partial charge in [-0.05, 0) is 36.4 Å². The normalized spacial score (nSPS) is 12.0. The average Bonchev–Trinajstić information content (AvgIpc) is 3.33. The topological polar surface area (TPSA) is 120 Å². The fraction of sp³-hybridized carbons (Fsp3) is 0.136. The third-order valence-corrected chi connectivity index (χ3v) is 6.06. The molecule has 0 aliphatic carbocycles. The number of para-hydroxylation sites is 2. The lowest BCUT2D eigenvalue weighted by Crippen LogP contribution is -2.32. The number of imidazole rings is 2. The van der Waals surface area contributed by atoms with Crippen molar-refractivity contribution in [2.75, 3.05) is 13.4 Å². The molecule has 10 nitrogen and oxygen atoms in total. The molecular formula is C22H18FN5O5S. The number of halogens is 1. The molecule has 0 spiro atoms. The molecule has 0 radical (unpaired) electrons. The Hall–Kier alpha value is -4.19. The second kappa shape index (κ2) is 7.70. The quantitative estimate of drug-likeness (QED) is 0.408. The molecule has 174 valence electrons. The molecule has 5 aromatic rings. The van der Waals surface area contributed by atoms with Gasteiger partial charge in [0.05, 0.1) is 18.5 Å². The van der Waals surface area contributed by atoms with E-state index >= 15 is 0 Å². The Labute approximate surface area is 191 Å². The van der Waals surface area contributed by atoms with Crippen molar-refractivity contribution >= 4 is 26.8 Å². The molecule has 5 rings (SSSR count). The maximum Gasteiger partial charge on any atom is 0.331 e. The van der Waals surface area contributed by atoms with Crippen LogP contribution in [0.15, 0.2) is 64.3 Å². The molecule has 12 heteroatoms. The van der Waals surface area contributed by atoms with Gasteiger partial charge in [-0.1, -0.05) is 12.1 Å². The van der Waals surface area contributed by atoms with Crippen LogP contribution >= 0.6 is 0 Å². The van der Waals surface area contributed by atoms with Crippen LogP contribution in [0.3, 0.4) is 0 Å². The smallest absolute Gasteiger partial charge is 0.331 e. The molecule has 0 saturated heterocycles. The number of fused-ring (bicyclic) bond motifs is 3. The van der Waals surface area contributed by atoms with Gasteiger partial charge in [0.1, 0.15) is 17.4 Å². The van der Waals surface area contributed by atoms with Crippen LogP contribution in [0, 0.1) is 5.82 Å². The first-order chi connectivity index (χ1) is 16.2. The zero-order valence-corrected chi connectivity index (χ0v) is 18.8. The Bertz CT molecular complexity index is 1800. The fourth-order valence-corrected chi connectivity index (χ4v) is 4.64. The molecule has 34 heavy (non-hydrogen) atoms. The van der Waals surface area contributed by atoms with Crippen LogP contribution in [0.1, 0.15) is 0 Å². The highest BCUT2D eigenvalue weighted by atomic mass is 32.2. The zero-order chi connectivity index (χ0) is 24.2. The molecular weight excluding hydrogens is 465 g/mol. The minimum atomic E-state index is -3.62. The standard InChI is InChI=1S/C22H18FN5O5S/c1-33-17-6-4-3-5-15(17)28-16(13-7-9-14(23)10-8-13)11-26-18-19(24-21(26)28)27(12-34(2,31)32)22(30)25-20(18)29/h3-11H,12H2,1-2H3,(H,25,29,30). The van der Waals surface area contributed by atoms with Gasteiger partial charge in [-0.15, -0.1) is 0 Å². The number of nitrogens with zero attached hydrogens (tertiary/aromatic N) is 4. The van der Waals surface area contributed by atoms with Gasteiger partial charge >= 0.3 is 5.69 Å². The predicted molar refractivity (Wildman–Crippen MR) is 124 cm³/mol. The van der Waals surface area contributed by atoms with Gasteiger partial charge in [0.2, 0.25) is 5.78 Å². The van der Waals surface area contributed by atoms with E-state index in [1.165, 1.54) is 23.6 Å². The van der Waals surface area contributed by atoms with Gasteiger partial charge < -0.3 is 4.74 Å². The lowest BCUT2D eigenvalue weighted by atomic mass is 10.1. The number of nitrogens with one attached hydrogen (secondary N) is 1. The number of hydrogen-bond acceptors (Lipinski definition) is 6. The summed E-state index contributed by atoms with van der Waals surface area (Å²) in [6.45, 7) is 0. The van der Waals surface area contributed by atoms with Crippen LogP contribution in [0.5, 0.6) is 5.75 Å². The maximum absolute atomic E-state index is 13.6. The van der Waals surface area contributed by atoms with E-state index in [9.17, 15) is 22.4 Å². The van der Waals surface area contributed by atoms with Crippen molar-refractivity contribution in [1.82, 2.24) is 23.5 Å². The molecule has 0 fully saturated rings. The summed E-state index contributed by atoms with van der Waals surface area (Å²) in [6, 6.07) is 12.9. The summed E-state index contributed by atoms with van der Waals surface area (Å²) in [6.07, 6.45) is 2.60. The van der Waals surface area contributed by atoms with Gasteiger partial charge in [0.15, 0.2) is 21.0 Å². The van der Waals surface area contributed by atoms with E-state index in [-0.39, 0.29) is 16.9 Å². The van der Waals surface area contributed by atoms with E-state index in [0.29, 0.717) is 22.7 Å². The first kappa shape index (κ1) is 21.6. The van der Waals surface area contributed by atoms with Crippen LogP contribution in [-0.2, 0) is 15.7 Å². The van der Waals surface area contributed by atoms with E-state index in [1.807, 2.05) is 0 Å². The number of hydrogen-bond donors (Lipinski definition) is 1.